The normalized spacial score (nSPS) is 16.6. The molecule has 1 aliphatic rings. The largest absolute Gasteiger partial charge is 0.207 e. The Kier molecular flexibility index (Phi) is 1.63. The van der Waals surface area contributed by atoms with Gasteiger partial charge in [0.05, 0.1) is 0 Å². The number of hydrogen-bond acceptors (Lipinski definition) is 0. The summed E-state index contributed by atoms with van der Waals surface area (Å²) >= 11 is 0. The summed E-state index contributed by atoms with van der Waals surface area (Å²) in [5, 5.41) is 0. The van der Waals surface area contributed by atoms with E-state index in [1.54, 1.807) is 6.92 Å². The molecule has 1 radical (unpaired) electrons. The van der Waals surface area contributed by atoms with Crippen LogP contribution in [0.25, 0.3) is 0 Å². The van der Waals surface area contributed by atoms with Crippen LogP contribution < -0.4 is 0 Å². The minimum Gasteiger partial charge on any atom is -0.207 e. The van der Waals surface area contributed by atoms with Crippen molar-refractivity contribution in [3.63, 3.8) is 0 Å². The number of aryl methyl sites for hydroxylation is 1. The fourth-order valence-corrected chi connectivity index (χ4v) is 1.35. The van der Waals surface area contributed by atoms with Gasteiger partial charge in [0, 0.05) is 11.5 Å². The second-order valence-corrected chi connectivity index (χ2v) is 3.21. The summed E-state index contributed by atoms with van der Waals surface area (Å²) in [5.74, 6) is 0.0741. The first kappa shape index (κ1) is 7.71. The molecule has 0 heterocycles. The SMILES string of the molecule is Cc1cc(F)c([C]2CC2)c(F)c1. The molecule has 0 atom stereocenters. The molecule has 0 N–H and O–H groups in total. The van der Waals surface area contributed by atoms with E-state index in [-0.39, 0.29) is 5.56 Å². The topological polar surface area (TPSA) is 0 Å². The molecule has 0 saturated heterocycles. The van der Waals surface area contributed by atoms with Crippen LogP contribution in [0.4, 0.5) is 8.78 Å². The van der Waals surface area contributed by atoms with Gasteiger partial charge in [-0.15, -0.1) is 0 Å². The van der Waals surface area contributed by atoms with Gasteiger partial charge in [0.15, 0.2) is 0 Å². The molecule has 0 aliphatic heterocycles. The summed E-state index contributed by atoms with van der Waals surface area (Å²) in [6.45, 7) is 1.69. The van der Waals surface area contributed by atoms with E-state index < -0.39 is 11.6 Å². The average Bonchev–Trinajstić information content (AvgIpc) is 2.68. The third kappa shape index (κ3) is 1.22. The number of rotatable bonds is 1. The van der Waals surface area contributed by atoms with Crippen LogP contribution in [-0.2, 0) is 0 Å². The Morgan fingerprint density at radius 2 is 1.58 bits per heavy atom. The third-order valence-corrected chi connectivity index (χ3v) is 2.04. The lowest BCUT2D eigenvalue weighted by Gasteiger charge is -2.03. The highest BCUT2D eigenvalue weighted by Gasteiger charge is 2.30. The Morgan fingerprint density at radius 1 is 1.08 bits per heavy atom. The molecule has 2 heteroatoms. The van der Waals surface area contributed by atoms with Crippen molar-refractivity contribution in [2.75, 3.05) is 0 Å². The fraction of sp³-hybridized carbons (Fsp3) is 0.300. The van der Waals surface area contributed by atoms with Gasteiger partial charge in [-0.3, -0.25) is 0 Å². The summed E-state index contributed by atoms with van der Waals surface area (Å²) in [6, 6.07) is 2.76. The minimum absolute atomic E-state index is 0.209. The maximum Gasteiger partial charge on any atom is 0.130 e. The molecule has 0 spiro atoms. The van der Waals surface area contributed by atoms with Gasteiger partial charge in [-0.25, -0.2) is 8.78 Å². The number of benzene rings is 1. The summed E-state index contributed by atoms with van der Waals surface area (Å²) in [5.41, 5.74) is 0.843. The predicted octanol–water partition coefficient (Wildman–Crippen LogP) is 2.99. The maximum atomic E-state index is 13.1. The molecule has 1 aliphatic carbocycles. The minimum atomic E-state index is -0.417. The molecule has 1 fully saturated rings. The lowest BCUT2D eigenvalue weighted by atomic mass is 10.1. The molecule has 1 aromatic rings. The van der Waals surface area contributed by atoms with Gasteiger partial charge < -0.3 is 0 Å². The molecule has 2 rings (SSSR count). The molecule has 0 nitrogen and oxygen atoms in total. The molecule has 12 heavy (non-hydrogen) atoms. The lowest BCUT2D eigenvalue weighted by molar-refractivity contribution is 0.567. The molecule has 0 aromatic heterocycles. The van der Waals surface area contributed by atoms with Crippen molar-refractivity contribution in [1.82, 2.24) is 0 Å². The fourth-order valence-electron chi connectivity index (χ4n) is 1.35. The van der Waals surface area contributed by atoms with Crippen LogP contribution in [0.3, 0.4) is 0 Å². The van der Waals surface area contributed by atoms with Crippen LogP contribution >= 0.6 is 0 Å². The predicted molar refractivity (Wildman–Crippen MR) is 42.7 cm³/mol. The molecule has 0 unspecified atom stereocenters. The van der Waals surface area contributed by atoms with Gasteiger partial charge in [0.1, 0.15) is 11.6 Å². The van der Waals surface area contributed by atoms with Gasteiger partial charge in [-0.05, 0) is 37.5 Å². The van der Waals surface area contributed by atoms with Crippen LogP contribution in [0.5, 0.6) is 0 Å². The Balaban J connectivity index is 2.51. The van der Waals surface area contributed by atoms with Crippen molar-refractivity contribution in [1.29, 1.82) is 0 Å². The quantitative estimate of drug-likeness (QED) is 0.603. The molecule has 0 amide bonds. The number of halogens is 2. The van der Waals surface area contributed by atoms with Gasteiger partial charge in [0.2, 0.25) is 0 Å². The van der Waals surface area contributed by atoms with Crippen LogP contribution in [0, 0.1) is 24.5 Å². The Bertz CT molecular complexity index is 291. The molecule has 1 saturated carbocycles. The Labute approximate surface area is 70.2 Å². The summed E-state index contributed by atoms with van der Waals surface area (Å²) in [4.78, 5) is 0. The van der Waals surface area contributed by atoms with Crippen LogP contribution in [-0.4, -0.2) is 0 Å². The van der Waals surface area contributed by atoms with E-state index >= 15 is 0 Å². The van der Waals surface area contributed by atoms with Gasteiger partial charge >= 0.3 is 0 Å². The second-order valence-electron chi connectivity index (χ2n) is 3.21. The Morgan fingerprint density at radius 3 is 2.00 bits per heavy atom. The third-order valence-electron chi connectivity index (χ3n) is 2.04. The first-order valence-corrected chi connectivity index (χ1v) is 3.99. The Hall–Kier alpha value is -0.920. The standard InChI is InChI=1S/C10H9F2/c1-6-4-8(11)10(7-2-3-7)9(12)5-6/h4-5H,2-3H2,1H3. The van der Waals surface area contributed by atoms with Crippen molar-refractivity contribution in [2.45, 2.75) is 19.8 Å². The molecule has 0 bridgehead atoms. The summed E-state index contributed by atoms with van der Waals surface area (Å²) < 4.78 is 26.3. The van der Waals surface area contributed by atoms with Crippen LogP contribution in [0.15, 0.2) is 12.1 Å². The highest BCUT2D eigenvalue weighted by molar-refractivity contribution is 5.41. The van der Waals surface area contributed by atoms with Crippen molar-refractivity contribution < 1.29 is 8.78 Å². The highest BCUT2D eigenvalue weighted by atomic mass is 19.1. The van der Waals surface area contributed by atoms with Crippen molar-refractivity contribution in [2.24, 2.45) is 0 Å². The van der Waals surface area contributed by atoms with E-state index in [1.807, 2.05) is 0 Å². The average molecular weight is 167 g/mol. The van der Waals surface area contributed by atoms with Gasteiger partial charge in [-0.2, -0.15) is 0 Å². The molecular formula is C10H9F2. The van der Waals surface area contributed by atoms with E-state index in [0.29, 0.717) is 5.56 Å². The lowest BCUT2D eigenvalue weighted by Crippen LogP contribution is -1.94. The first-order chi connectivity index (χ1) is 5.68. The molecule has 1 aromatic carbocycles. The van der Waals surface area contributed by atoms with Crippen LogP contribution in [0.2, 0.25) is 0 Å². The van der Waals surface area contributed by atoms with Gasteiger partial charge in [0.25, 0.3) is 0 Å². The zero-order valence-corrected chi connectivity index (χ0v) is 6.82. The van der Waals surface area contributed by atoms with E-state index in [1.165, 1.54) is 12.1 Å². The van der Waals surface area contributed by atoms with Crippen molar-refractivity contribution in [3.8, 4) is 0 Å². The molecular weight excluding hydrogens is 158 g/mol. The monoisotopic (exact) mass is 167 g/mol. The zero-order valence-electron chi connectivity index (χ0n) is 6.82. The molecule has 63 valence electrons. The first-order valence-electron chi connectivity index (χ1n) is 3.99. The van der Waals surface area contributed by atoms with Crippen molar-refractivity contribution in [3.05, 3.63) is 40.8 Å². The second kappa shape index (κ2) is 2.54. The highest BCUT2D eigenvalue weighted by Crippen LogP contribution is 2.41. The zero-order chi connectivity index (χ0) is 8.72. The summed E-state index contributed by atoms with van der Waals surface area (Å²) in [6.07, 6.45) is 1.69. The maximum absolute atomic E-state index is 13.1. The van der Waals surface area contributed by atoms with E-state index in [4.69, 9.17) is 0 Å². The van der Waals surface area contributed by atoms with Crippen molar-refractivity contribution >= 4 is 0 Å². The van der Waals surface area contributed by atoms with E-state index in [2.05, 4.69) is 0 Å². The van der Waals surface area contributed by atoms with E-state index in [0.717, 1.165) is 18.8 Å². The van der Waals surface area contributed by atoms with Gasteiger partial charge in [-0.1, -0.05) is 0 Å². The number of hydrogen-bond donors (Lipinski definition) is 0. The smallest absolute Gasteiger partial charge is 0.130 e. The van der Waals surface area contributed by atoms with E-state index in [9.17, 15) is 8.78 Å². The summed E-state index contributed by atoms with van der Waals surface area (Å²) in [7, 11) is 0. The van der Waals surface area contributed by atoms with Crippen LogP contribution in [0.1, 0.15) is 24.0 Å².